The number of fused-ring (bicyclic) bond motifs is 3. The molecule has 0 bridgehead atoms. The van der Waals surface area contributed by atoms with Crippen LogP contribution in [0.25, 0.3) is 21.3 Å². The number of para-hydroxylation sites is 1. The van der Waals surface area contributed by atoms with Crippen LogP contribution in [0, 0.1) is 0 Å². The standard InChI is InChI=1S/C22H21N5O3S3/c28-20(16-31-21-23-24-22-27(21)18-8-4-5-9-19(18)32-22)25-11-13-26(14-12-25)33(29,30)15-10-17-6-2-1-3-7-17/h1-10,15H,11-14,16H2. The lowest BCUT2D eigenvalue weighted by Crippen LogP contribution is -2.50. The molecule has 0 N–H and O–H groups in total. The van der Waals surface area contributed by atoms with Crippen LogP contribution in [0.15, 0.2) is 65.2 Å². The smallest absolute Gasteiger partial charge is 0.236 e. The van der Waals surface area contributed by atoms with Gasteiger partial charge in [-0.25, -0.2) is 8.42 Å². The Hall–Kier alpha value is -2.73. The number of benzene rings is 2. The summed E-state index contributed by atoms with van der Waals surface area (Å²) in [6.07, 6.45) is 1.59. The molecule has 0 radical (unpaired) electrons. The van der Waals surface area contributed by atoms with E-state index in [1.807, 2.05) is 59.0 Å². The van der Waals surface area contributed by atoms with Crippen molar-refractivity contribution in [2.24, 2.45) is 0 Å². The molecule has 170 valence electrons. The molecule has 1 aliphatic rings. The maximum Gasteiger partial charge on any atom is 0.236 e. The number of amides is 1. The predicted molar refractivity (Wildman–Crippen MR) is 132 cm³/mol. The van der Waals surface area contributed by atoms with Gasteiger partial charge in [0.2, 0.25) is 20.9 Å². The highest BCUT2D eigenvalue weighted by Crippen LogP contribution is 2.29. The lowest BCUT2D eigenvalue weighted by molar-refractivity contribution is -0.129. The van der Waals surface area contributed by atoms with Gasteiger partial charge in [0.05, 0.1) is 16.0 Å². The van der Waals surface area contributed by atoms with E-state index in [1.165, 1.54) is 21.5 Å². The maximum absolute atomic E-state index is 12.8. The number of hydrogen-bond acceptors (Lipinski definition) is 7. The van der Waals surface area contributed by atoms with Crippen molar-refractivity contribution >= 4 is 60.3 Å². The fourth-order valence-corrected chi connectivity index (χ4v) is 6.72. The van der Waals surface area contributed by atoms with Crippen LogP contribution in [0.1, 0.15) is 5.56 Å². The van der Waals surface area contributed by atoms with Crippen LogP contribution in [-0.4, -0.2) is 70.1 Å². The third kappa shape index (κ3) is 4.67. The lowest BCUT2D eigenvalue weighted by atomic mass is 10.2. The first-order valence-electron chi connectivity index (χ1n) is 10.4. The quantitative estimate of drug-likeness (QED) is 0.379. The average Bonchev–Trinajstić information content (AvgIpc) is 3.41. The normalized spacial score (nSPS) is 15.7. The Kier molecular flexibility index (Phi) is 6.19. The molecule has 0 spiro atoms. The summed E-state index contributed by atoms with van der Waals surface area (Å²) in [4.78, 5) is 15.3. The van der Waals surface area contributed by atoms with Gasteiger partial charge in [0, 0.05) is 31.6 Å². The molecule has 8 nitrogen and oxygen atoms in total. The van der Waals surface area contributed by atoms with Crippen molar-refractivity contribution in [1.29, 1.82) is 0 Å². The number of aromatic nitrogens is 3. The molecule has 1 aliphatic heterocycles. The van der Waals surface area contributed by atoms with Crippen LogP contribution >= 0.6 is 23.1 Å². The van der Waals surface area contributed by atoms with Crippen molar-refractivity contribution in [2.45, 2.75) is 5.16 Å². The monoisotopic (exact) mass is 499 g/mol. The van der Waals surface area contributed by atoms with E-state index in [2.05, 4.69) is 10.2 Å². The zero-order chi connectivity index (χ0) is 22.8. The van der Waals surface area contributed by atoms with Crippen LogP contribution < -0.4 is 0 Å². The molecule has 0 unspecified atom stereocenters. The molecule has 1 amide bonds. The molecule has 2 aromatic carbocycles. The summed E-state index contributed by atoms with van der Waals surface area (Å²) in [7, 11) is -3.53. The number of thioether (sulfide) groups is 1. The molecule has 11 heteroatoms. The summed E-state index contributed by atoms with van der Waals surface area (Å²) in [5.74, 6) is 0.194. The molecule has 0 aliphatic carbocycles. The number of sulfonamides is 1. The number of carbonyl (C=O) groups is 1. The predicted octanol–water partition coefficient (Wildman–Crippen LogP) is 3.18. The Bertz CT molecular complexity index is 1420. The first-order chi connectivity index (χ1) is 16.0. The highest BCUT2D eigenvalue weighted by molar-refractivity contribution is 7.99. The second-order valence-electron chi connectivity index (χ2n) is 7.50. The van der Waals surface area contributed by atoms with Gasteiger partial charge in [-0.05, 0) is 23.8 Å². The van der Waals surface area contributed by atoms with Crippen LogP contribution in [-0.2, 0) is 14.8 Å². The minimum Gasteiger partial charge on any atom is -0.339 e. The van der Waals surface area contributed by atoms with E-state index in [1.54, 1.807) is 22.3 Å². The Labute approximate surface area is 199 Å². The lowest BCUT2D eigenvalue weighted by Gasteiger charge is -2.33. The second kappa shape index (κ2) is 9.26. The van der Waals surface area contributed by atoms with E-state index in [0.717, 1.165) is 20.7 Å². The molecule has 3 heterocycles. The Morgan fingerprint density at radius 2 is 1.73 bits per heavy atom. The van der Waals surface area contributed by atoms with E-state index in [9.17, 15) is 13.2 Å². The van der Waals surface area contributed by atoms with Gasteiger partial charge in [-0.15, -0.1) is 10.2 Å². The third-order valence-electron chi connectivity index (χ3n) is 5.42. The van der Waals surface area contributed by atoms with Crippen molar-refractivity contribution in [3.63, 3.8) is 0 Å². The number of hydrogen-bond donors (Lipinski definition) is 0. The molecule has 1 fully saturated rings. The summed E-state index contributed by atoms with van der Waals surface area (Å²) in [6, 6.07) is 17.3. The zero-order valence-corrected chi connectivity index (χ0v) is 20.0. The topological polar surface area (TPSA) is 87.9 Å². The van der Waals surface area contributed by atoms with E-state index in [-0.39, 0.29) is 24.7 Å². The summed E-state index contributed by atoms with van der Waals surface area (Å²) in [5.41, 5.74) is 1.85. The van der Waals surface area contributed by atoms with Crippen molar-refractivity contribution < 1.29 is 13.2 Å². The van der Waals surface area contributed by atoms with Gasteiger partial charge < -0.3 is 4.90 Å². The van der Waals surface area contributed by atoms with Gasteiger partial charge in [-0.1, -0.05) is 65.6 Å². The van der Waals surface area contributed by atoms with Gasteiger partial charge in [0.25, 0.3) is 0 Å². The molecule has 0 atom stereocenters. The van der Waals surface area contributed by atoms with Crippen LogP contribution in [0.5, 0.6) is 0 Å². The minimum absolute atomic E-state index is 0.0341. The molecule has 2 aromatic heterocycles. The van der Waals surface area contributed by atoms with Gasteiger partial charge in [0.1, 0.15) is 0 Å². The second-order valence-corrected chi connectivity index (χ2v) is 11.3. The fourth-order valence-electron chi connectivity index (χ4n) is 3.67. The van der Waals surface area contributed by atoms with Gasteiger partial charge in [-0.2, -0.15) is 4.31 Å². The van der Waals surface area contributed by atoms with Crippen LogP contribution in [0.2, 0.25) is 0 Å². The van der Waals surface area contributed by atoms with Crippen molar-refractivity contribution in [1.82, 2.24) is 23.8 Å². The summed E-state index contributed by atoms with van der Waals surface area (Å²) < 4.78 is 29.8. The average molecular weight is 500 g/mol. The highest BCUT2D eigenvalue weighted by atomic mass is 32.2. The Balaban J connectivity index is 1.18. The Morgan fingerprint density at radius 1 is 1.00 bits per heavy atom. The number of nitrogens with zero attached hydrogens (tertiary/aromatic N) is 5. The van der Waals surface area contributed by atoms with Gasteiger partial charge >= 0.3 is 0 Å². The number of thiazole rings is 1. The minimum atomic E-state index is -3.53. The molecular weight excluding hydrogens is 478 g/mol. The van der Waals surface area contributed by atoms with Crippen LogP contribution in [0.4, 0.5) is 0 Å². The van der Waals surface area contributed by atoms with E-state index < -0.39 is 10.0 Å². The van der Waals surface area contributed by atoms with Crippen molar-refractivity contribution in [2.75, 3.05) is 31.9 Å². The first kappa shape index (κ1) is 22.1. The van der Waals surface area contributed by atoms with Crippen molar-refractivity contribution in [3.8, 4) is 0 Å². The molecule has 1 saturated heterocycles. The first-order valence-corrected chi connectivity index (χ1v) is 13.7. The zero-order valence-electron chi connectivity index (χ0n) is 17.6. The summed E-state index contributed by atoms with van der Waals surface area (Å²) in [5, 5.41) is 10.4. The molecular formula is C22H21N5O3S3. The Morgan fingerprint density at radius 3 is 2.52 bits per heavy atom. The van der Waals surface area contributed by atoms with Crippen molar-refractivity contribution in [3.05, 3.63) is 65.6 Å². The SMILES string of the molecule is O=C(CSc1nnc2sc3ccccc3n12)N1CCN(S(=O)(=O)C=Cc2ccccc2)CC1. The van der Waals surface area contributed by atoms with Gasteiger partial charge in [0.15, 0.2) is 5.16 Å². The summed E-state index contributed by atoms with van der Waals surface area (Å²) >= 11 is 2.91. The van der Waals surface area contributed by atoms with E-state index in [4.69, 9.17) is 0 Å². The molecule has 5 rings (SSSR count). The molecule has 4 aromatic rings. The molecule has 33 heavy (non-hydrogen) atoms. The summed E-state index contributed by atoms with van der Waals surface area (Å²) in [6.45, 7) is 1.30. The number of piperazine rings is 1. The third-order valence-corrected chi connectivity index (χ3v) is 8.91. The highest BCUT2D eigenvalue weighted by Gasteiger charge is 2.27. The van der Waals surface area contributed by atoms with E-state index >= 15 is 0 Å². The maximum atomic E-state index is 12.8. The number of rotatable bonds is 6. The molecule has 0 saturated carbocycles. The van der Waals surface area contributed by atoms with E-state index in [0.29, 0.717) is 18.2 Å². The largest absolute Gasteiger partial charge is 0.339 e. The number of carbonyl (C=O) groups excluding carboxylic acids is 1. The fraction of sp³-hybridized carbons (Fsp3) is 0.227. The van der Waals surface area contributed by atoms with Crippen LogP contribution in [0.3, 0.4) is 0 Å². The van der Waals surface area contributed by atoms with Gasteiger partial charge in [-0.3, -0.25) is 9.20 Å².